The monoisotopic (exact) mass is 446 g/mol. The third kappa shape index (κ3) is 3.70. The Bertz CT molecular complexity index is 1000. The van der Waals surface area contributed by atoms with Crippen LogP contribution >= 0.6 is 0 Å². The predicted octanol–water partition coefficient (Wildman–Crippen LogP) is 5.83. The fourth-order valence-corrected chi connectivity index (χ4v) is 8.86. The van der Waals surface area contributed by atoms with Crippen molar-refractivity contribution in [3.8, 4) is 11.8 Å². The van der Waals surface area contributed by atoms with Crippen molar-refractivity contribution in [2.75, 3.05) is 0 Å². The molecule has 1 aromatic carbocycles. The fourth-order valence-electron chi connectivity index (χ4n) is 8.86. The van der Waals surface area contributed by atoms with Crippen molar-refractivity contribution in [2.24, 2.45) is 40.4 Å². The van der Waals surface area contributed by atoms with Crippen LogP contribution in [-0.2, 0) is 4.79 Å². The van der Waals surface area contributed by atoms with Crippen LogP contribution in [0, 0.1) is 52.3 Å². The number of fused-ring (bicyclic) bond motifs is 5. The van der Waals surface area contributed by atoms with E-state index in [1.807, 2.05) is 19.1 Å². The summed E-state index contributed by atoms with van der Waals surface area (Å²) in [6, 6.07) is 7.26. The molecule has 1 N–H and O–H groups in total. The van der Waals surface area contributed by atoms with Crippen molar-refractivity contribution >= 4 is 12.1 Å². The molecule has 0 unspecified atom stereocenters. The van der Waals surface area contributed by atoms with Crippen molar-refractivity contribution < 1.29 is 14.7 Å². The summed E-state index contributed by atoms with van der Waals surface area (Å²) in [5, 5.41) is 11.4. The first-order valence-electron chi connectivity index (χ1n) is 13.0. The molecule has 8 atom stereocenters. The number of hydrogen-bond donors (Lipinski definition) is 1. The van der Waals surface area contributed by atoms with E-state index in [1.54, 1.807) is 12.1 Å². The molecule has 0 saturated heterocycles. The van der Waals surface area contributed by atoms with Gasteiger partial charge in [0.15, 0.2) is 0 Å². The molecule has 1 aromatic rings. The molecule has 4 fully saturated rings. The van der Waals surface area contributed by atoms with Crippen molar-refractivity contribution in [1.29, 1.82) is 0 Å². The second-order valence-electron chi connectivity index (χ2n) is 12.2. The molecular formula is C30H38O3. The summed E-state index contributed by atoms with van der Waals surface area (Å²) in [6.45, 7) is 6.72. The first-order valence-corrected chi connectivity index (χ1v) is 13.0. The van der Waals surface area contributed by atoms with E-state index in [0.717, 1.165) is 43.5 Å². The zero-order chi connectivity index (χ0) is 23.4. The lowest BCUT2D eigenvalue weighted by molar-refractivity contribution is -0.144. The highest BCUT2D eigenvalue weighted by molar-refractivity contribution is 5.79. The lowest BCUT2D eigenvalue weighted by Crippen LogP contribution is -2.56. The molecule has 176 valence electrons. The molecule has 4 aliphatic carbocycles. The van der Waals surface area contributed by atoms with Gasteiger partial charge in [-0.05, 0) is 111 Å². The number of carbonyl (C=O) groups is 2. The van der Waals surface area contributed by atoms with Crippen LogP contribution in [0.5, 0.6) is 0 Å². The maximum Gasteiger partial charge on any atom is 0.150 e. The van der Waals surface area contributed by atoms with E-state index in [-0.39, 0.29) is 16.7 Å². The minimum absolute atomic E-state index is 0.205. The smallest absolute Gasteiger partial charge is 0.150 e. The van der Waals surface area contributed by atoms with Crippen molar-refractivity contribution in [3.05, 3.63) is 35.4 Å². The molecule has 0 aromatic heterocycles. The van der Waals surface area contributed by atoms with Crippen LogP contribution in [0.15, 0.2) is 24.3 Å². The third-order valence-corrected chi connectivity index (χ3v) is 10.7. The van der Waals surface area contributed by atoms with E-state index < -0.39 is 5.60 Å². The zero-order valence-electron chi connectivity index (χ0n) is 20.4. The number of carbonyl (C=O) groups excluding carboxylic acids is 2. The second-order valence-corrected chi connectivity index (χ2v) is 12.2. The summed E-state index contributed by atoms with van der Waals surface area (Å²) < 4.78 is 0. The van der Waals surface area contributed by atoms with E-state index in [2.05, 4.69) is 25.7 Å². The number of benzene rings is 1. The van der Waals surface area contributed by atoms with Gasteiger partial charge in [0.25, 0.3) is 0 Å². The van der Waals surface area contributed by atoms with Crippen LogP contribution in [0.1, 0.15) is 94.5 Å². The van der Waals surface area contributed by atoms with Crippen LogP contribution in [0.25, 0.3) is 0 Å². The highest BCUT2D eigenvalue weighted by atomic mass is 16.3. The summed E-state index contributed by atoms with van der Waals surface area (Å²) in [7, 11) is 0. The Morgan fingerprint density at radius 3 is 2.39 bits per heavy atom. The average Bonchev–Trinajstić information content (AvgIpc) is 3.16. The van der Waals surface area contributed by atoms with E-state index >= 15 is 0 Å². The molecular weight excluding hydrogens is 408 g/mol. The molecule has 0 bridgehead atoms. The van der Waals surface area contributed by atoms with Crippen LogP contribution in [0.4, 0.5) is 0 Å². The summed E-state index contributed by atoms with van der Waals surface area (Å²) >= 11 is 0. The Morgan fingerprint density at radius 1 is 0.970 bits per heavy atom. The highest BCUT2D eigenvalue weighted by Crippen LogP contribution is 2.68. The van der Waals surface area contributed by atoms with Crippen molar-refractivity contribution in [1.82, 2.24) is 0 Å². The Morgan fingerprint density at radius 2 is 1.70 bits per heavy atom. The van der Waals surface area contributed by atoms with Crippen molar-refractivity contribution in [2.45, 2.75) is 84.2 Å². The summed E-state index contributed by atoms with van der Waals surface area (Å²) in [6.07, 6.45) is 10.5. The number of ketones is 1. The Balaban J connectivity index is 1.33. The van der Waals surface area contributed by atoms with Gasteiger partial charge in [-0.2, -0.15) is 0 Å². The summed E-state index contributed by atoms with van der Waals surface area (Å²) in [5.41, 5.74) is 1.05. The number of hydrogen-bond acceptors (Lipinski definition) is 3. The van der Waals surface area contributed by atoms with Gasteiger partial charge in [0.1, 0.15) is 17.7 Å². The first kappa shape index (κ1) is 22.9. The lowest BCUT2D eigenvalue weighted by Gasteiger charge is -2.61. The largest absolute Gasteiger partial charge is 0.378 e. The normalized spacial score (nSPS) is 43.9. The predicted molar refractivity (Wildman–Crippen MR) is 130 cm³/mol. The minimum atomic E-state index is -0.920. The van der Waals surface area contributed by atoms with Gasteiger partial charge in [0.05, 0.1) is 0 Å². The van der Waals surface area contributed by atoms with E-state index in [0.29, 0.717) is 29.1 Å². The van der Waals surface area contributed by atoms with Crippen LogP contribution < -0.4 is 0 Å². The zero-order valence-corrected chi connectivity index (χ0v) is 20.4. The third-order valence-electron chi connectivity index (χ3n) is 10.7. The molecule has 0 heterocycles. The van der Waals surface area contributed by atoms with Crippen LogP contribution in [-0.4, -0.2) is 22.8 Å². The van der Waals surface area contributed by atoms with E-state index in [4.69, 9.17) is 0 Å². The molecule has 0 aliphatic heterocycles. The minimum Gasteiger partial charge on any atom is -0.378 e. The highest BCUT2D eigenvalue weighted by Gasteiger charge is 2.61. The SMILES string of the molecule is CC(=O)[C@H]1CC[C@H]2[C@@H]3CC[C@@H]4C[C@@](O)(C#Cc5ccc(C=O)cc5)CC[C@]4(C)[C@H]3CC[C@]12C. The van der Waals surface area contributed by atoms with E-state index in [1.165, 1.54) is 32.1 Å². The fraction of sp³-hybridized carbons (Fsp3) is 0.667. The molecule has 0 spiro atoms. The number of aliphatic hydroxyl groups is 1. The van der Waals surface area contributed by atoms with Gasteiger partial charge in [0, 0.05) is 17.0 Å². The number of rotatable bonds is 2. The van der Waals surface area contributed by atoms with Gasteiger partial charge < -0.3 is 5.11 Å². The van der Waals surface area contributed by atoms with Gasteiger partial charge in [-0.25, -0.2) is 0 Å². The van der Waals surface area contributed by atoms with E-state index in [9.17, 15) is 14.7 Å². The second kappa shape index (κ2) is 8.09. The molecule has 4 aliphatic rings. The van der Waals surface area contributed by atoms with Gasteiger partial charge in [-0.1, -0.05) is 37.8 Å². The summed E-state index contributed by atoms with van der Waals surface area (Å²) in [4.78, 5) is 23.2. The molecule has 4 saturated carbocycles. The lowest BCUT2D eigenvalue weighted by atomic mass is 9.44. The van der Waals surface area contributed by atoms with Gasteiger partial charge in [-0.15, -0.1) is 0 Å². The molecule has 5 rings (SSSR count). The molecule has 33 heavy (non-hydrogen) atoms. The average molecular weight is 447 g/mol. The summed E-state index contributed by atoms with van der Waals surface area (Å²) in [5.74, 6) is 9.72. The van der Waals surface area contributed by atoms with Crippen molar-refractivity contribution in [3.63, 3.8) is 0 Å². The molecule has 3 nitrogen and oxygen atoms in total. The first-order chi connectivity index (χ1) is 15.7. The van der Waals surface area contributed by atoms with Gasteiger partial charge >= 0.3 is 0 Å². The molecule has 3 heteroatoms. The standard InChI is InChI=1S/C30H38O3/c1-20(32)25-10-11-26-24-9-8-23-18-30(33,15-12-21-4-6-22(19-31)7-5-21)17-16-28(23,2)27(24)13-14-29(25,26)3/h4-7,19,23-27,33H,8-11,13-14,16-18H2,1-3H3/t23-,24+,25-,26+,27+,28+,29-,30-/m1/s1. The molecule has 0 amide bonds. The quantitative estimate of drug-likeness (QED) is 0.459. The number of Topliss-reactive ketones (excluding diaryl/α,β-unsaturated/α-hetero) is 1. The van der Waals surface area contributed by atoms with Crippen LogP contribution in [0.3, 0.4) is 0 Å². The van der Waals surface area contributed by atoms with Crippen LogP contribution in [0.2, 0.25) is 0 Å². The molecule has 0 radical (unpaired) electrons. The Hall–Kier alpha value is -1.92. The maximum absolute atomic E-state index is 12.4. The number of aldehydes is 1. The Labute approximate surface area is 198 Å². The van der Waals surface area contributed by atoms with Gasteiger partial charge in [0.2, 0.25) is 0 Å². The van der Waals surface area contributed by atoms with Gasteiger partial charge in [-0.3, -0.25) is 9.59 Å². The Kier molecular flexibility index (Phi) is 5.60. The maximum atomic E-state index is 12.4. The topological polar surface area (TPSA) is 54.4 Å².